The highest BCUT2D eigenvalue weighted by Crippen LogP contribution is 2.24. The van der Waals surface area contributed by atoms with Crippen molar-refractivity contribution in [3.63, 3.8) is 0 Å². The van der Waals surface area contributed by atoms with Gasteiger partial charge in [-0.2, -0.15) is 4.98 Å². The topological polar surface area (TPSA) is 61.0 Å². The van der Waals surface area contributed by atoms with E-state index in [1.165, 1.54) is 0 Å². The first-order chi connectivity index (χ1) is 8.16. The predicted octanol–water partition coefficient (Wildman–Crippen LogP) is 3.16. The molecule has 0 radical (unpaired) electrons. The summed E-state index contributed by atoms with van der Waals surface area (Å²) in [6, 6.07) is 7.84. The number of nitrogens with two attached hydrogens (primary N) is 1. The zero-order valence-electron chi connectivity index (χ0n) is 8.73. The molecule has 2 aromatic rings. The number of ether oxygens (including phenoxy) is 1. The number of nitrogens with zero attached hydrogens (tertiary/aromatic N) is 2. The molecule has 0 atom stereocenters. The van der Waals surface area contributed by atoms with Crippen molar-refractivity contribution in [3.8, 4) is 5.88 Å². The van der Waals surface area contributed by atoms with Gasteiger partial charge in [-0.05, 0) is 22.0 Å². The summed E-state index contributed by atoms with van der Waals surface area (Å²) in [5.41, 5.74) is 6.53. The van der Waals surface area contributed by atoms with Gasteiger partial charge in [-0.3, -0.25) is 0 Å². The summed E-state index contributed by atoms with van der Waals surface area (Å²) in [7, 11) is 0. The Morgan fingerprint density at radius 2 is 1.94 bits per heavy atom. The minimum atomic E-state index is 0.190. The summed E-state index contributed by atoms with van der Waals surface area (Å²) in [6.45, 7) is 0.413. The SMILES string of the molecule is Nc1ncc(Br)c(OCc2ccccc2Br)n1. The molecule has 6 heteroatoms. The van der Waals surface area contributed by atoms with E-state index in [9.17, 15) is 0 Å². The molecule has 0 spiro atoms. The van der Waals surface area contributed by atoms with Gasteiger partial charge in [0, 0.05) is 10.0 Å². The fraction of sp³-hybridized carbons (Fsp3) is 0.0909. The van der Waals surface area contributed by atoms with E-state index < -0.39 is 0 Å². The van der Waals surface area contributed by atoms with E-state index >= 15 is 0 Å². The van der Waals surface area contributed by atoms with Gasteiger partial charge in [0.25, 0.3) is 0 Å². The van der Waals surface area contributed by atoms with E-state index in [2.05, 4.69) is 41.8 Å². The number of halogens is 2. The third-order valence-corrected chi connectivity index (χ3v) is 3.37. The van der Waals surface area contributed by atoms with Crippen LogP contribution < -0.4 is 10.5 Å². The van der Waals surface area contributed by atoms with Crippen LogP contribution >= 0.6 is 31.9 Å². The average Bonchev–Trinajstić information content (AvgIpc) is 2.32. The van der Waals surface area contributed by atoms with Gasteiger partial charge in [-0.15, -0.1) is 0 Å². The predicted molar refractivity (Wildman–Crippen MR) is 72.6 cm³/mol. The van der Waals surface area contributed by atoms with Crippen molar-refractivity contribution >= 4 is 37.8 Å². The van der Waals surface area contributed by atoms with Crippen LogP contribution in [-0.4, -0.2) is 9.97 Å². The number of anilines is 1. The number of aromatic nitrogens is 2. The number of nitrogen functional groups attached to an aromatic ring is 1. The van der Waals surface area contributed by atoms with Crippen LogP contribution in [0.3, 0.4) is 0 Å². The van der Waals surface area contributed by atoms with Gasteiger partial charge < -0.3 is 10.5 Å². The molecule has 1 aromatic heterocycles. The van der Waals surface area contributed by atoms with Crippen molar-refractivity contribution in [3.05, 3.63) is 45.0 Å². The van der Waals surface area contributed by atoms with Crippen LogP contribution in [0.2, 0.25) is 0 Å². The van der Waals surface area contributed by atoms with Crippen LogP contribution in [0.1, 0.15) is 5.56 Å². The van der Waals surface area contributed by atoms with Crippen molar-refractivity contribution in [1.82, 2.24) is 9.97 Å². The van der Waals surface area contributed by atoms with E-state index in [1.807, 2.05) is 24.3 Å². The van der Waals surface area contributed by atoms with E-state index in [1.54, 1.807) is 6.20 Å². The maximum atomic E-state index is 5.58. The lowest BCUT2D eigenvalue weighted by atomic mass is 10.2. The largest absolute Gasteiger partial charge is 0.472 e. The van der Waals surface area contributed by atoms with E-state index in [4.69, 9.17) is 10.5 Å². The summed E-state index contributed by atoms with van der Waals surface area (Å²) in [5.74, 6) is 0.628. The molecule has 0 aliphatic rings. The fourth-order valence-electron chi connectivity index (χ4n) is 1.23. The molecule has 0 aliphatic carbocycles. The van der Waals surface area contributed by atoms with Gasteiger partial charge in [0.1, 0.15) is 6.61 Å². The first-order valence-electron chi connectivity index (χ1n) is 4.81. The molecule has 0 bridgehead atoms. The lowest BCUT2D eigenvalue weighted by Gasteiger charge is -2.08. The summed E-state index contributed by atoms with van der Waals surface area (Å²) in [6.07, 6.45) is 1.57. The highest BCUT2D eigenvalue weighted by Gasteiger charge is 2.06. The van der Waals surface area contributed by atoms with Gasteiger partial charge in [0.15, 0.2) is 0 Å². The van der Waals surface area contributed by atoms with Crippen LogP contribution in [0.25, 0.3) is 0 Å². The molecule has 1 aromatic carbocycles. The zero-order chi connectivity index (χ0) is 12.3. The highest BCUT2D eigenvalue weighted by atomic mass is 79.9. The van der Waals surface area contributed by atoms with Crippen molar-refractivity contribution in [2.24, 2.45) is 0 Å². The molecule has 88 valence electrons. The Morgan fingerprint density at radius 3 is 2.71 bits per heavy atom. The summed E-state index contributed by atoms with van der Waals surface area (Å²) in [4.78, 5) is 7.84. The second kappa shape index (κ2) is 5.46. The minimum Gasteiger partial charge on any atom is -0.472 e. The third-order valence-electron chi connectivity index (χ3n) is 2.05. The Hall–Kier alpha value is -1.14. The van der Waals surface area contributed by atoms with Crippen molar-refractivity contribution in [2.75, 3.05) is 5.73 Å². The highest BCUT2D eigenvalue weighted by molar-refractivity contribution is 9.10. The van der Waals surface area contributed by atoms with Gasteiger partial charge in [-0.1, -0.05) is 34.1 Å². The molecule has 1 heterocycles. The quantitative estimate of drug-likeness (QED) is 0.915. The van der Waals surface area contributed by atoms with Crippen molar-refractivity contribution < 1.29 is 4.74 Å². The van der Waals surface area contributed by atoms with Crippen LogP contribution in [0.15, 0.2) is 39.4 Å². The van der Waals surface area contributed by atoms with Gasteiger partial charge in [-0.25, -0.2) is 4.98 Å². The van der Waals surface area contributed by atoms with Crippen LogP contribution in [-0.2, 0) is 6.61 Å². The molecule has 4 nitrogen and oxygen atoms in total. The first-order valence-corrected chi connectivity index (χ1v) is 6.39. The van der Waals surface area contributed by atoms with Crippen molar-refractivity contribution in [2.45, 2.75) is 6.61 Å². The van der Waals surface area contributed by atoms with E-state index in [0.29, 0.717) is 17.0 Å². The monoisotopic (exact) mass is 357 g/mol. The average molecular weight is 359 g/mol. The molecule has 0 amide bonds. The number of benzene rings is 1. The lowest BCUT2D eigenvalue weighted by molar-refractivity contribution is 0.291. The molecule has 0 saturated heterocycles. The zero-order valence-corrected chi connectivity index (χ0v) is 11.9. The van der Waals surface area contributed by atoms with Crippen LogP contribution in [0, 0.1) is 0 Å². The van der Waals surface area contributed by atoms with Crippen LogP contribution in [0.5, 0.6) is 5.88 Å². The standard InChI is InChI=1S/C11H9Br2N3O/c12-8-4-2-1-3-7(8)6-17-10-9(13)5-15-11(14)16-10/h1-5H,6H2,(H2,14,15,16). The Morgan fingerprint density at radius 1 is 1.18 bits per heavy atom. The molecular weight excluding hydrogens is 350 g/mol. The number of hydrogen-bond acceptors (Lipinski definition) is 4. The molecule has 17 heavy (non-hydrogen) atoms. The molecule has 0 unspecified atom stereocenters. The maximum absolute atomic E-state index is 5.58. The first kappa shape index (κ1) is 12.3. The van der Waals surface area contributed by atoms with Crippen LogP contribution in [0.4, 0.5) is 5.95 Å². The lowest BCUT2D eigenvalue weighted by Crippen LogP contribution is -2.02. The Balaban J connectivity index is 2.12. The van der Waals surface area contributed by atoms with Gasteiger partial charge in [0.05, 0.1) is 10.7 Å². The molecule has 2 N–H and O–H groups in total. The molecule has 2 rings (SSSR count). The third kappa shape index (κ3) is 3.17. The second-order valence-corrected chi connectivity index (χ2v) is 4.97. The molecule has 0 saturated carbocycles. The Labute approximate surface area is 115 Å². The molecular formula is C11H9Br2N3O. The number of hydrogen-bond donors (Lipinski definition) is 1. The molecule has 0 aliphatic heterocycles. The Kier molecular flexibility index (Phi) is 3.96. The van der Waals surface area contributed by atoms with Crippen molar-refractivity contribution in [1.29, 1.82) is 0 Å². The number of rotatable bonds is 3. The van der Waals surface area contributed by atoms with E-state index in [-0.39, 0.29) is 5.95 Å². The maximum Gasteiger partial charge on any atom is 0.233 e. The van der Waals surface area contributed by atoms with Gasteiger partial charge in [0.2, 0.25) is 11.8 Å². The Bertz CT molecular complexity index is 534. The normalized spacial score (nSPS) is 10.2. The second-order valence-electron chi connectivity index (χ2n) is 3.26. The summed E-state index contributed by atoms with van der Waals surface area (Å²) < 4.78 is 7.25. The molecule has 0 fully saturated rings. The smallest absolute Gasteiger partial charge is 0.233 e. The summed E-state index contributed by atoms with van der Waals surface area (Å²) >= 11 is 6.76. The fourth-order valence-corrected chi connectivity index (χ4v) is 1.93. The minimum absolute atomic E-state index is 0.190. The summed E-state index contributed by atoms with van der Waals surface area (Å²) in [5, 5.41) is 0. The van der Waals surface area contributed by atoms with Gasteiger partial charge >= 0.3 is 0 Å². The van der Waals surface area contributed by atoms with E-state index in [0.717, 1.165) is 10.0 Å².